The minimum Gasteiger partial charge on any atom is -0.478 e. The van der Waals surface area contributed by atoms with Crippen molar-refractivity contribution in [2.45, 2.75) is 6.18 Å². The molecule has 0 spiro atoms. The molecule has 0 aliphatic heterocycles. The fourth-order valence-corrected chi connectivity index (χ4v) is 1.28. The van der Waals surface area contributed by atoms with Gasteiger partial charge in [-0.05, 0) is 34.7 Å². The van der Waals surface area contributed by atoms with Crippen LogP contribution in [0.25, 0.3) is 5.69 Å². The third-order valence-electron chi connectivity index (χ3n) is 2.08. The van der Waals surface area contributed by atoms with Gasteiger partial charge in [0.25, 0.3) is 5.82 Å². The Morgan fingerprint density at radius 3 is 2.33 bits per heavy atom. The number of nitrogens with zero attached hydrogens (tertiary/aromatic N) is 4. The molecule has 0 fully saturated rings. The zero-order valence-electron chi connectivity index (χ0n) is 8.59. The molecule has 18 heavy (non-hydrogen) atoms. The molecular weight excluding hydrogens is 253 g/mol. The Morgan fingerprint density at radius 1 is 1.22 bits per heavy atom. The number of tetrazole rings is 1. The van der Waals surface area contributed by atoms with E-state index in [0.717, 1.165) is 0 Å². The predicted octanol–water partition coefficient (Wildman–Crippen LogP) is 1.38. The third kappa shape index (κ3) is 2.14. The van der Waals surface area contributed by atoms with E-state index in [9.17, 15) is 18.0 Å². The smallest absolute Gasteiger partial charge is 0.453 e. The summed E-state index contributed by atoms with van der Waals surface area (Å²) in [4.78, 5) is 10.6. The maximum Gasteiger partial charge on any atom is 0.453 e. The van der Waals surface area contributed by atoms with E-state index in [1.54, 1.807) is 0 Å². The molecular formula is C9H5F3N4O2. The van der Waals surface area contributed by atoms with Gasteiger partial charge in [-0.15, -0.1) is 5.10 Å². The van der Waals surface area contributed by atoms with E-state index in [1.807, 2.05) is 0 Å². The van der Waals surface area contributed by atoms with E-state index >= 15 is 0 Å². The average molecular weight is 258 g/mol. The zero-order valence-corrected chi connectivity index (χ0v) is 8.59. The normalized spacial score (nSPS) is 11.5. The molecule has 1 heterocycles. The van der Waals surface area contributed by atoms with E-state index in [4.69, 9.17) is 5.11 Å². The first-order chi connectivity index (χ1) is 8.39. The second-order valence-corrected chi connectivity index (χ2v) is 3.26. The first-order valence-corrected chi connectivity index (χ1v) is 4.59. The van der Waals surface area contributed by atoms with Crippen molar-refractivity contribution >= 4 is 5.97 Å². The second kappa shape index (κ2) is 4.09. The SMILES string of the molecule is O=C(O)c1ccc(-n2nnnc2C(F)(F)F)cc1. The van der Waals surface area contributed by atoms with Crippen LogP contribution in [0.4, 0.5) is 13.2 Å². The van der Waals surface area contributed by atoms with Crippen LogP contribution in [0.2, 0.25) is 0 Å². The van der Waals surface area contributed by atoms with Crippen molar-refractivity contribution in [1.82, 2.24) is 20.2 Å². The molecule has 0 bridgehead atoms. The minimum atomic E-state index is -4.69. The highest BCUT2D eigenvalue weighted by Crippen LogP contribution is 2.28. The fraction of sp³-hybridized carbons (Fsp3) is 0.111. The summed E-state index contributed by atoms with van der Waals surface area (Å²) in [6, 6.07) is 4.71. The van der Waals surface area contributed by atoms with Crippen LogP contribution >= 0.6 is 0 Å². The van der Waals surface area contributed by atoms with Crippen LogP contribution in [-0.4, -0.2) is 31.3 Å². The highest BCUT2D eigenvalue weighted by molar-refractivity contribution is 5.87. The number of alkyl halides is 3. The Morgan fingerprint density at radius 2 is 1.83 bits per heavy atom. The van der Waals surface area contributed by atoms with Crippen molar-refractivity contribution in [2.75, 3.05) is 0 Å². The van der Waals surface area contributed by atoms with Gasteiger partial charge in [0.15, 0.2) is 0 Å². The summed E-state index contributed by atoms with van der Waals surface area (Å²) >= 11 is 0. The van der Waals surface area contributed by atoms with Gasteiger partial charge in [-0.25, -0.2) is 4.79 Å². The quantitative estimate of drug-likeness (QED) is 0.880. The highest BCUT2D eigenvalue weighted by Gasteiger charge is 2.38. The van der Waals surface area contributed by atoms with Crippen LogP contribution < -0.4 is 0 Å². The van der Waals surface area contributed by atoms with Crippen molar-refractivity contribution < 1.29 is 23.1 Å². The second-order valence-electron chi connectivity index (χ2n) is 3.26. The zero-order chi connectivity index (χ0) is 13.3. The van der Waals surface area contributed by atoms with E-state index in [0.29, 0.717) is 4.68 Å². The summed E-state index contributed by atoms with van der Waals surface area (Å²) in [6.07, 6.45) is -4.69. The molecule has 0 saturated carbocycles. The Labute approximate surface area is 97.7 Å². The van der Waals surface area contributed by atoms with Gasteiger partial charge in [0, 0.05) is 0 Å². The van der Waals surface area contributed by atoms with E-state index in [2.05, 4.69) is 15.5 Å². The average Bonchev–Trinajstić information content (AvgIpc) is 2.77. The molecule has 2 rings (SSSR count). The van der Waals surface area contributed by atoms with Crippen molar-refractivity contribution in [2.24, 2.45) is 0 Å². The van der Waals surface area contributed by atoms with Crippen molar-refractivity contribution in [3.63, 3.8) is 0 Å². The van der Waals surface area contributed by atoms with Crippen LogP contribution in [0.15, 0.2) is 24.3 Å². The number of carboxylic acid groups (broad SMARTS) is 1. The third-order valence-corrected chi connectivity index (χ3v) is 2.08. The largest absolute Gasteiger partial charge is 0.478 e. The lowest BCUT2D eigenvalue weighted by Gasteiger charge is -2.07. The van der Waals surface area contributed by atoms with Gasteiger partial charge in [0.05, 0.1) is 11.3 Å². The minimum absolute atomic E-state index is 0.0253. The fourth-order valence-electron chi connectivity index (χ4n) is 1.28. The summed E-state index contributed by atoms with van der Waals surface area (Å²) in [6.45, 7) is 0. The number of carboxylic acids is 1. The van der Waals surface area contributed by atoms with Crippen LogP contribution in [0.5, 0.6) is 0 Å². The predicted molar refractivity (Wildman–Crippen MR) is 51.1 cm³/mol. The van der Waals surface area contributed by atoms with Crippen molar-refractivity contribution in [1.29, 1.82) is 0 Å². The van der Waals surface area contributed by atoms with Gasteiger partial charge < -0.3 is 5.11 Å². The van der Waals surface area contributed by atoms with Crippen LogP contribution in [0.3, 0.4) is 0 Å². The Balaban J connectivity index is 2.44. The number of benzene rings is 1. The molecule has 0 aliphatic rings. The molecule has 0 aliphatic carbocycles. The molecule has 1 aromatic heterocycles. The molecule has 0 saturated heterocycles. The number of rotatable bonds is 2. The number of aromatic nitrogens is 4. The highest BCUT2D eigenvalue weighted by atomic mass is 19.4. The Hall–Kier alpha value is -2.45. The number of carbonyl (C=O) groups is 1. The van der Waals surface area contributed by atoms with E-state index in [1.165, 1.54) is 24.3 Å². The molecule has 0 radical (unpaired) electrons. The van der Waals surface area contributed by atoms with Gasteiger partial charge >= 0.3 is 12.1 Å². The molecule has 6 nitrogen and oxygen atoms in total. The summed E-state index contributed by atoms with van der Waals surface area (Å²) in [5.74, 6) is -2.44. The van der Waals surface area contributed by atoms with Crippen molar-refractivity contribution in [3.8, 4) is 5.69 Å². The van der Waals surface area contributed by atoms with Gasteiger partial charge in [-0.3, -0.25) is 0 Å². The number of aromatic carboxylic acids is 1. The standard InChI is InChI=1S/C9H5F3N4O2/c10-9(11,12)8-13-14-15-16(8)6-3-1-5(2-4-6)7(17)18/h1-4H,(H,17,18). The summed E-state index contributed by atoms with van der Waals surface area (Å²) in [5.41, 5.74) is -0.0160. The molecule has 9 heteroatoms. The first-order valence-electron chi connectivity index (χ1n) is 4.59. The molecule has 2 aromatic rings. The molecule has 1 N–H and O–H groups in total. The molecule has 0 atom stereocenters. The lowest BCUT2D eigenvalue weighted by atomic mass is 10.2. The number of hydrogen-bond donors (Lipinski definition) is 1. The lowest BCUT2D eigenvalue weighted by molar-refractivity contribution is -0.146. The number of hydrogen-bond acceptors (Lipinski definition) is 4. The van der Waals surface area contributed by atoms with Crippen LogP contribution in [-0.2, 0) is 6.18 Å². The Kier molecular flexibility index (Phi) is 2.73. The van der Waals surface area contributed by atoms with Gasteiger partial charge in [-0.2, -0.15) is 17.9 Å². The maximum atomic E-state index is 12.5. The lowest BCUT2D eigenvalue weighted by Crippen LogP contribution is -2.14. The maximum absolute atomic E-state index is 12.5. The van der Waals surface area contributed by atoms with Gasteiger partial charge in [0.2, 0.25) is 0 Å². The van der Waals surface area contributed by atoms with Crippen LogP contribution in [0.1, 0.15) is 16.2 Å². The monoisotopic (exact) mass is 258 g/mol. The molecule has 94 valence electrons. The summed E-state index contributed by atoms with van der Waals surface area (Å²) in [5, 5.41) is 17.7. The summed E-state index contributed by atoms with van der Waals surface area (Å²) < 4.78 is 38.0. The topological polar surface area (TPSA) is 80.9 Å². The first kappa shape index (κ1) is 12.0. The molecule has 0 unspecified atom stereocenters. The van der Waals surface area contributed by atoms with Crippen LogP contribution in [0, 0.1) is 0 Å². The van der Waals surface area contributed by atoms with Crippen molar-refractivity contribution in [3.05, 3.63) is 35.7 Å². The van der Waals surface area contributed by atoms with E-state index < -0.39 is 18.0 Å². The molecule has 0 amide bonds. The van der Waals surface area contributed by atoms with E-state index in [-0.39, 0.29) is 11.3 Å². The van der Waals surface area contributed by atoms with Gasteiger partial charge in [0.1, 0.15) is 0 Å². The number of halogens is 3. The molecule has 1 aromatic carbocycles. The Bertz CT molecular complexity index is 576. The summed E-state index contributed by atoms with van der Waals surface area (Å²) in [7, 11) is 0. The van der Waals surface area contributed by atoms with Gasteiger partial charge in [-0.1, -0.05) is 0 Å².